The first-order valence-electron chi connectivity index (χ1n) is 6.04. The third kappa shape index (κ3) is 4.30. The first kappa shape index (κ1) is 15.5. The molecule has 0 aliphatic heterocycles. The van der Waals surface area contributed by atoms with E-state index >= 15 is 0 Å². The first-order chi connectivity index (χ1) is 9.62. The maximum Gasteiger partial charge on any atom is 0.259 e. The van der Waals surface area contributed by atoms with Crippen LogP contribution in [0.5, 0.6) is 11.5 Å². The standard InChI is InChI=1S/C14H16N2O4/c1-2-19-13-8-10(7-11(9-15)14(16)18)3-4-12(13)20-6-5-17/h3-4,7-8,17H,2,5-6H2,1H3,(H2,16,18)/b11-7-. The molecule has 0 aromatic heterocycles. The molecule has 1 amide bonds. The van der Waals surface area contributed by atoms with Crippen molar-refractivity contribution in [1.82, 2.24) is 0 Å². The zero-order valence-corrected chi connectivity index (χ0v) is 11.1. The van der Waals surface area contributed by atoms with E-state index in [-0.39, 0.29) is 18.8 Å². The maximum atomic E-state index is 11.0. The fourth-order valence-electron chi connectivity index (χ4n) is 1.48. The van der Waals surface area contributed by atoms with Crippen LogP contribution in [0.15, 0.2) is 23.8 Å². The van der Waals surface area contributed by atoms with Gasteiger partial charge in [0.15, 0.2) is 11.5 Å². The number of hydrogen-bond donors (Lipinski definition) is 2. The molecule has 0 radical (unpaired) electrons. The Morgan fingerprint density at radius 2 is 2.20 bits per heavy atom. The molecule has 1 rings (SSSR count). The van der Waals surface area contributed by atoms with E-state index < -0.39 is 5.91 Å². The van der Waals surface area contributed by atoms with Crippen molar-refractivity contribution < 1.29 is 19.4 Å². The molecule has 106 valence electrons. The van der Waals surface area contributed by atoms with E-state index in [2.05, 4.69) is 0 Å². The summed E-state index contributed by atoms with van der Waals surface area (Å²) in [5.74, 6) is 0.165. The third-order valence-corrected chi connectivity index (χ3v) is 2.31. The predicted molar refractivity (Wildman–Crippen MR) is 73.0 cm³/mol. The zero-order chi connectivity index (χ0) is 15.0. The average Bonchev–Trinajstić information content (AvgIpc) is 2.43. The van der Waals surface area contributed by atoms with Gasteiger partial charge in [0.1, 0.15) is 18.2 Å². The number of benzene rings is 1. The second kappa shape index (κ2) is 7.81. The highest BCUT2D eigenvalue weighted by Gasteiger charge is 2.08. The normalized spacial score (nSPS) is 10.8. The summed E-state index contributed by atoms with van der Waals surface area (Å²) in [7, 11) is 0. The van der Waals surface area contributed by atoms with Gasteiger partial charge in [0, 0.05) is 0 Å². The van der Waals surface area contributed by atoms with Gasteiger partial charge >= 0.3 is 0 Å². The van der Waals surface area contributed by atoms with Crippen LogP contribution in [0.3, 0.4) is 0 Å². The number of carbonyl (C=O) groups excluding carboxylic acids is 1. The molecule has 1 aromatic rings. The smallest absolute Gasteiger partial charge is 0.259 e. The second-order valence-corrected chi connectivity index (χ2v) is 3.75. The average molecular weight is 276 g/mol. The van der Waals surface area contributed by atoms with Crippen molar-refractivity contribution >= 4 is 12.0 Å². The van der Waals surface area contributed by atoms with Crippen molar-refractivity contribution in [2.45, 2.75) is 6.92 Å². The fourth-order valence-corrected chi connectivity index (χ4v) is 1.48. The lowest BCUT2D eigenvalue weighted by atomic mass is 10.1. The monoisotopic (exact) mass is 276 g/mol. The van der Waals surface area contributed by atoms with Gasteiger partial charge in [-0.05, 0) is 30.7 Å². The number of nitrogens with two attached hydrogens (primary N) is 1. The van der Waals surface area contributed by atoms with Crippen molar-refractivity contribution in [3.8, 4) is 17.6 Å². The molecule has 6 nitrogen and oxygen atoms in total. The molecule has 0 heterocycles. The molecule has 0 saturated heterocycles. The number of rotatable bonds is 7. The lowest BCUT2D eigenvalue weighted by Crippen LogP contribution is -2.12. The largest absolute Gasteiger partial charge is 0.490 e. The number of aliphatic hydroxyl groups is 1. The van der Waals surface area contributed by atoms with Crippen LogP contribution in [0.2, 0.25) is 0 Å². The number of ether oxygens (including phenoxy) is 2. The van der Waals surface area contributed by atoms with Crippen LogP contribution in [0.4, 0.5) is 0 Å². The van der Waals surface area contributed by atoms with Crippen LogP contribution in [-0.4, -0.2) is 30.8 Å². The van der Waals surface area contributed by atoms with Gasteiger partial charge in [-0.3, -0.25) is 4.79 Å². The van der Waals surface area contributed by atoms with Crippen LogP contribution >= 0.6 is 0 Å². The molecule has 0 fully saturated rings. The Hall–Kier alpha value is -2.52. The first-order valence-corrected chi connectivity index (χ1v) is 6.04. The SMILES string of the molecule is CCOc1cc(/C=C(/C#N)C(N)=O)ccc1OCCO. The Labute approximate surface area is 117 Å². The summed E-state index contributed by atoms with van der Waals surface area (Å²) < 4.78 is 10.7. The summed E-state index contributed by atoms with van der Waals surface area (Å²) in [5, 5.41) is 17.6. The summed E-state index contributed by atoms with van der Waals surface area (Å²) in [4.78, 5) is 11.0. The fraction of sp³-hybridized carbons (Fsp3) is 0.286. The molecule has 0 spiro atoms. The summed E-state index contributed by atoms with van der Waals surface area (Å²) >= 11 is 0. The Balaban J connectivity index is 3.09. The molecule has 0 aliphatic rings. The van der Waals surface area contributed by atoms with E-state index in [9.17, 15) is 4.79 Å². The summed E-state index contributed by atoms with van der Waals surface area (Å²) in [6.45, 7) is 2.31. The minimum Gasteiger partial charge on any atom is -0.490 e. The number of hydrogen-bond acceptors (Lipinski definition) is 5. The maximum absolute atomic E-state index is 11.0. The van der Waals surface area contributed by atoms with E-state index in [1.54, 1.807) is 24.3 Å². The number of nitriles is 1. The molecule has 3 N–H and O–H groups in total. The van der Waals surface area contributed by atoms with Crippen LogP contribution < -0.4 is 15.2 Å². The van der Waals surface area contributed by atoms with E-state index in [4.69, 9.17) is 25.6 Å². The number of aliphatic hydroxyl groups excluding tert-OH is 1. The highest BCUT2D eigenvalue weighted by molar-refractivity contribution is 6.00. The number of carbonyl (C=O) groups is 1. The van der Waals surface area contributed by atoms with Crippen LogP contribution in [0.25, 0.3) is 6.08 Å². The summed E-state index contributed by atoms with van der Waals surface area (Å²) in [6, 6.07) is 6.67. The van der Waals surface area contributed by atoms with Crippen LogP contribution in [-0.2, 0) is 4.79 Å². The van der Waals surface area contributed by atoms with Crippen LogP contribution in [0.1, 0.15) is 12.5 Å². The molecule has 1 aromatic carbocycles. The van der Waals surface area contributed by atoms with Crippen LogP contribution in [0, 0.1) is 11.3 Å². The van der Waals surface area contributed by atoms with Crippen molar-refractivity contribution in [1.29, 1.82) is 5.26 Å². The van der Waals surface area contributed by atoms with E-state index in [1.165, 1.54) is 6.08 Å². The van der Waals surface area contributed by atoms with Crippen molar-refractivity contribution in [3.05, 3.63) is 29.3 Å². The molecule has 0 aliphatic carbocycles. The number of nitrogens with zero attached hydrogens (tertiary/aromatic N) is 1. The van der Waals surface area contributed by atoms with Gasteiger partial charge in [0.05, 0.1) is 13.2 Å². The van der Waals surface area contributed by atoms with Crippen molar-refractivity contribution in [2.75, 3.05) is 19.8 Å². The molecule has 0 saturated carbocycles. The number of primary amides is 1. The Kier molecular flexibility index (Phi) is 6.07. The van der Waals surface area contributed by atoms with Gasteiger partial charge in [0.25, 0.3) is 5.91 Å². The third-order valence-electron chi connectivity index (χ3n) is 2.31. The lowest BCUT2D eigenvalue weighted by Gasteiger charge is -2.11. The molecule has 20 heavy (non-hydrogen) atoms. The molecular formula is C14H16N2O4. The summed E-state index contributed by atoms with van der Waals surface area (Å²) in [5.41, 5.74) is 5.53. The topological polar surface area (TPSA) is 106 Å². The van der Waals surface area contributed by atoms with E-state index in [0.717, 1.165) is 0 Å². The van der Waals surface area contributed by atoms with Gasteiger partial charge in [-0.15, -0.1) is 0 Å². The molecule has 0 unspecified atom stereocenters. The van der Waals surface area contributed by atoms with Gasteiger partial charge in [-0.1, -0.05) is 6.07 Å². The number of amides is 1. The molecule has 0 bridgehead atoms. The second-order valence-electron chi connectivity index (χ2n) is 3.75. The van der Waals surface area contributed by atoms with Gasteiger partial charge in [0.2, 0.25) is 0 Å². The quantitative estimate of drug-likeness (QED) is 0.567. The van der Waals surface area contributed by atoms with E-state index in [1.807, 2.05) is 6.92 Å². The van der Waals surface area contributed by atoms with Crippen molar-refractivity contribution in [2.24, 2.45) is 5.73 Å². The van der Waals surface area contributed by atoms with Gasteiger partial charge < -0.3 is 20.3 Å². The zero-order valence-electron chi connectivity index (χ0n) is 11.1. The predicted octanol–water partition coefficient (Wildman–Crippen LogP) is 0.849. The molecule has 0 atom stereocenters. The Bertz CT molecular complexity index is 547. The minimum atomic E-state index is -0.786. The molecule has 6 heteroatoms. The lowest BCUT2D eigenvalue weighted by molar-refractivity contribution is -0.114. The highest BCUT2D eigenvalue weighted by atomic mass is 16.5. The Morgan fingerprint density at radius 1 is 1.45 bits per heavy atom. The van der Waals surface area contributed by atoms with Crippen molar-refractivity contribution in [3.63, 3.8) is 0 Å². The molecular weight excluding hydrogens is 260 g/mol. The minimum absolute atomic E-state index is 0.104. The highest BCUT2D eigenvalue weighted by Crippen LogP contribution is 2.29. The van der Waals surface area contributed by atoms with E-state index in [0.29, 0.717) is 23.7 Å². The van der Waals surface area contributed by atoms with Gasteiger partial charge in [-0.2, -0.15) is 5.26 Å². The van der Waals surface area contributed by atoms with Gasteiger partial charge in [-0.25, -0.2) is 0 Å². The summed E-state index contributed by atoms with van der Waals surface area (Å²) in [6.07, 6.45) is 1.38. The Morgan fingerprint density at radius 3 is 2.75 bits per heavy atom.